The first kappa shape index (κ1) is 13.4. The number of sulfone groups is 1. The highest BCUT2D eigenvalue weighted by Crippen LogP contribution is 2.10. The Labute approximate surface area is 99.3 Å². The minimum Gasteiger partial charge on any atom is -0.460 e. The number of hydrogen-bond acceptors (Lipinski definition) is 5. The Balaban J connectivity index is 2.74. The van der Waals surface area contributed by atoms with Crippen LogP contribution in [0, 0.1) is 0 Å². The van der Waals surface area contributed by atoms with Crippen LogP contribution < -0.4 is 0 Å². The molecule has 0 saturated heterocycles. The van der Waals surface area contributed by atoms with Crippen molar-refractivity contribution in [1.29, 1.82) is 0 Å². The summed E-state index contributed by atoms with van der Waals surface area (Å²) in [5.41, 5.74) is 0. The molecule has 1 rings (SSSR count). The maximum Gasteiger partial charge on any atom is 0.331 e. The van der Waals surface area contributed by atoms with Crippen molar-refractivity contribution in [3.05, 3.63) is 41.8 Å². The molecular formula is C11H12O5S. The van der Waals surface area contributed by atoms with Crippen molar-refractivity contribution in [3.63, 3.8) is 0 Å². The molecule has 6 heteroatoms. The molecule has 0 radical (unpaired) electrons. The first-order chi connectivity index (χ1) is 8.06. The molecule has 0 unspecified atom stereocenters. The van der Waals surface area contributed by atoms with Gasteiger partial charge in [0.2, 0.25) is 0 Å². The van der Waals surface area contributed by atoms with Gasteiger partial charge in [-0.15, -0.1) is 0 Å². The zero-order chi connectivity index (χ0) is 12.7. The standard InChI is InChI=1S/C11H12O5S/c12-7-8-16-11(13)6-9-17(14,15)10-4-2-1-3-5-10/h1-6,9,12H,7-8H2. The Morgan fingerprint density at radius 2 is 1.94 bits per heavy atom. The van der Waals surface area contributed by atoms with Crippen LogP contribution in [0.4, 0.5) is 0 Å². The quantitative estimate of drug-likeness (QED) is 0.613. The Morgan fingerprint density at radius 1 is 1.29 bits per heavy atom. The molecule has 0 bridgehead atoms. The van der Waals surface area contributed by atoms with E-state index in [0.29, 0.717) is 0 Å². The Morgan fingerprint density at radius 3 is 2.53 bits per heavy atom. The van der Waals surface area contributed by atoms with Gasteiger partial charge < -0.3 is 9.84 Å². The third-order valence-electron chi connectivity index (χ3n) is 1.79. The Hall–Kier alpha value is -1.66. The maximum atomic E-state index is 11.7. The number of ether oxygens (including phenoxy) is 1. The minimum atomic E-state index is -3.62. The zero-order valence-corrected chi connectivity index (χ0v) is 9.76. The van der Waals surface area contributed by atoms with Crippen LogP contribution in [0.5, 0.6) is 0 Å². The van der Waals surface area contributed by atoms with Gasteiger partial charge in [0.1, 0.15) is 6.61 Å². The van der Waals surface area contributed by atoms with Crippen LogP contribution in [0.25, 0.3) is 0 Å². The van der Waals surface area contributed by atoms with Gasteiger partial charge >= 0.3 is 5.97 Å². The second kappa shape index (κ2) is 6.17. The number of aliphatic hydroxyl groups excluding tert-OH is 1. The predicted molar refractivity (Wildman–Crippen MR) is 60.8 cm³/mol. The van der Waals surface area contributed by atoms with Gasteiger partial charge in [-0.05, 0) is 12.1 Å². The average Bonchev–Trinajstić information content (AvgIpc) is 2.35. The van der Waals surface area contributed by atoms with Crippen LogP contribution in [0.1, 0.15) is 0 Å². The number of benzene rings is 1. The van der Waals surface area contributed by atoms with E-state index in [1.54, 1.807) is 18.2 Å². The summed E-state index contributed by atoms with van der Waals surface area (Å²) in [7, 11) is -3.62. The molecular weight excluding hydrogens is 244 g/mol. The van der Waals surface area contributed by atoms with Crippen molar-refractivity contribution in [1.82, 2.24) is 0 Å². The van der Waals surface area contributed by atoms with Gasteiger partial charge in [0.05, 0.1) is 11.5 Å². The Bertz CT molecular complexity index is 490. The number of carbonyl (C=O) groups excluding carboxylic acids is 1. The molecule has 0 aliphatic carbocycles. The second-order valence-electron chi connectivity index (χ2n) is 3.05. The van der Waals surface area contributed by atoms with E-state index in [2.05, 4.69) is 4.74 Å². The molecule has 0 atom stereocenters. The molecule has 1 aromatic rings. The molecule has 5 nitrogen and oxygen atoms in total. The molecule has 0 spiro atoms. The molecule has 1 N–H and O–H groups in total. The van der Waals surface area contributed by atoms with E-state index in [-0.39, 0.29) is 18.1 Å². The van der Waals surface area contributed by atoms with Gasteiger partial charge in [-0.2, -0.15) is 0 Å². The smallest absolute Gasteiger partial charge is 0.331 e. The number of rotatable bonds is 5. The molecule has 1 aromatic carbocycles. The fourth-order valence-corrected chi connectivity index (χ4v) is 2.01. The molecule has 0 aliphatic heterocycles. The lowest BCUT2D eigenvalue weighted by atomic mass is 10.4. The van der Waals surface area contributed by atoms with Crippen molar-refractivity contribution < 1.29 is 23.1 Å². The van der Waals surface area contributed by atoms with E-state index < -0.39 is 15.8 Å². The lowest BCUT2D eigenvalue weighted by Crippen LogP contribution is -2.06. The number of carbonyl (C=O) groups is 1. The SMILES string of the molecule is O=C(C=CS(=O)(=O)c1ccccc1)OCCO. The van der Waals surface area contributed by atoms with Crippen LogP contribution in [-0.2, 0) is 19.4 Å². The van der Waals surface area contributed by atoms with Gasteiger partial charge in [-0.3, -0.25) is 0 Å². The maximum absolute atomic E-state index is 11.7. The second-order valence-corrected chi connectivity index (χ2v) is 4.89. The summed E-state index contributed by atoms with van der Waals surface area (Å²) in [4.78, 5) is 11.1. The van der Waals surface area contributed by atoms with Crippen molar-refractivity contribution in [3.8, 4) is 0 Å². The van der Waals surface area contributed by atoms with Gasteiger partial charge in [0.15, 0.2) is 9.84 Å². The van der Waals surface area contributed by atoms with E-state index in [4.69, 9.17) is 5.11 Å². The highest BCUT2D eigenvalue weighted by atomic mass is 32.2. The van der Waals surface area contributed by atoms with Gasteiger partial charge in [0, 0.05) is 11.5 Å². The normalized spacial score (nSPS) is 11.6. The van der Waals surface area contributed by atoms with Crippen LogP contribution in [0.15, 0.2) is 46.7 Å². The average molecular weight is 256 g/mol. The first-order valence-corrected chi connectivity index (χ1v) is 6.37. The van der Waals surface area contributed by atoms with Crippen molar-refractivity contribution in [2.45, 2.75) is 4.90 Å². The summed E-state index contributed by atoms with van der Waals surface area (Å²) < 4.78 is 27.8. The molecule has 0 fully saturated rings. The van der Waals surface area contributed by atoms with Crippen LogP contribution in [-0.4, -0.2) is 32.7 Å². The van der Waals surface area contributed by atoms with Gasteiger partial charge in [-0.25, -0.2) is 13.2 Å². The Kier molecular flexibility index (Phi) is 4.86. The third-order valence-corrected chi connectivity index (χ3v) is 3.21. The summed E-state index contributed by atoms with van der Waals surface area (Å²) in [5, 5.41) is 9.18. The zero-order valence-electron chi connectivity index (χ0n) is 8.94. The lowest BCUT2D eigenvalue weighted by Gasteiger charge is -1.99. The molecule has 17 heavy (non-hydrogen) atoms. The molecule has 0 amide bonds. The predicted octanol–water partition coefficient (Wildman–Crippen LogP) is 0.510. The summed E-state index contributed by atoms with van der Waals surface area (Å²) >= 11 is 0. The fourth-order valence-electron chi connectivity index (χ4n) is 1.03. The minimum absolute atomic E-state index is 0.103. The lowest BCUT2D eigenvalue weighted by molar-refractivity contribution is -0.138. The molecule has 0 aliphatic rings. The van der Waals surface area contributed by atoms with Gasteiger partial charge in [-0.1, -0.05) is 18.2 Å². The van der Waals surface area contributed by atoms with Gasteiger partial charge in [0.25, 0.3) is 0 Å². The molecule has 0 aromatic heterocycles. The molecule has 0 heterocycles. The van der Waals surface area contributed by atoms with E-state index >= 15 is 0 Å². The number of esters is 1. The first-order valence-electron chi connectivity index (χ1n) is 4.82. The van der Waals surface area contributed by atoms with Crippen molar-refractivity contribution in [2.75, 3.05) is 13.2 Å². The largest absolute Gasteiger partial charge is 0.460 e. The number of hydrogen-bond donors (Lipinski definition) is 1. The summed E-state index contributed by atoms with van der Waals surface area (Å²) in [6.45, 7) is -0.459. The topological polar surface area (TPSA) is 80.7 Å². The highest BCUT2D eigenvalue weighted by Gasteiger charge is 2.10. The molecule has 0 saturated carbocycles. The van der Waals surface area contributed by atoms with Crippen LogP contribution >= 0.6 is 0 Å². The van der Waals surface area contributed by atoms with Crippen molar-refractivity contribution >= 4 is 15.8 Å². The number of aliphatic hydroxyl groups is 1. The summed E-state index contributed by atoms with van der Waals surface area (Å²) in [5.74, 6) is -0.807. The summed E-state index contributed by atoms with van der Waals surface area (Å²) in [6, 6.07) is 7.73. The highest BCUT2D eigenvalue weighted by molar-refractivity contribution is 7.94. The van der Waals surface area contributed by atoms with Crippen molar-refractivity contribution in [2.24, 2.45) is 0 Å². The van der Waals surface area contributed by atoms with E-state index in [0.717, 1.165) is 11.5 Å². The summed E-state index contributed by atoms with van der Waals surface area (Å²) in [6.07, 6.45) is 0.817. The third kappa shape index (κ3) is 4.38. The fraction of sp³-hybridized carbons (Fsp3) is 0.182. The van der Waals surface area contributed by atoms with E-state index in [1.807, 2.05) is 0 Å². The molecule has 92 valence electrons. The van der Waals surface area contributed by atoms with E-state index in [9.17, 15) is 13.2 Å². The monoisotopic (exact) mass is 256 g/mol. The van der Waals surface area contributed by atoms with E-state index in [1.165, 1.54) is 12.1 Å². The van der Waals surface area contributed by atoms with Crippen LogP contribution in [0.3, 0.4) is 0 Å². The van der Waals surface area contributed by atoms with Crippen LogP contribution in [0.2, 0.25) is 0 Å².